The standard InChI is InChI=1S/C24H28N4O5S/c1-17-7-10-19(22-26-23(33-27-22)24(29)28-13-5-3-4-6-14-28)15-21(17)34(30,31)25-16-18-8-11-20(32-2)12-9-18/h7-12,15,25H,3-6,13-14,16H2,1-2H3. The largest absolute Gasteiger partial charge is 0.497 e. The third-order valence-corrected chi connectivity index (χ3v) is 7.41. The summed E-state index contributed by atoms with van der Waals surface area (Å²) in [5, 5.41) is 3.93. The highest BCUT2D eigenvalue weighted by atomic mass is 32.2. The molecule has 1 saturated heterocycles. The summed E-state index contributed by atoms with van der Waals surface area (Å²) < 4.78 is 39.0. The quantitative estimate of drug-likeness (QED) is 0.545. The Labute approximate surface area is 199 Å². The number of carbonyl (C=O) groups is 1. The van der Waals surface area contributed by atoms with Crippen molar-refractivity contribution in [3.05, 3.63) is 59.5 Å². The molecule has 1 amide bonds. The maximum absolute atomic E-state index is 13.0. The first-order valence-corrected chi connectivity index (χ1v) is 12.7. The van der Waals surface area contributed by atoms with Crippen LogP contribution in [0.2, 0.25) is 0 Å². The molecular formula is C24H28N4O5S. The Morgan fingerprint density at radius 1 is 1.09 bits per heavy atom. The Morgan fingerprint density at radius 2 is 1.79 bits per heavy atom. The number of ether oxygens (including phenoxy) is 1. The number of hydrogen-bond donors (Lipinski definition) is 1. The van der Waals surface area contributed by atoms with Gasteiger partial charge in [0.2, 0.25) is 15.8 Å². The Bertz CT molecular complexity index is 1250. The summed E-state index contributed by atoms with van der Waals surface area (Å²) in [6.45, 7) is 3.19. The first kappa shape index (κ1) is 23.9. The first-order valence-electron chi connectivity index (χ1n) is 11.2. The third kappa shape index (κ3) is 5.45. The SMILES string of the molecule is COc1ccc(CNS(=O)(=O)c2cc(-c3noc(C(=O)N4CCCCCC4)n3)ccc2C)cc1. The molecule has 1 N–H and O–H groups in total. The molecule has 3 aromatic rings. The van der Waals surface area contributed by atoms with Gasteiger partial charge in [0.05, 0.1) is 12.0 Å². The molecule has 2 heterocycles. The van der Waals surface area contributed by atoms with E-state index in [1.807, 2.05) is 0 Å². The molecular weight excluding hydrogens is 456 g/mol. The number of nitrogens with one attached hydrogen (secondary N) is 1. The second-order valence-electron chi connectivity index (χ2n) is 8.28. The van der Waals surface area contributed by atoms with E-state index in [1.165, 1.54) is 6.07 Å². The van der Waals surface area contributed by atoms with Crippen molar-refractivity contribution in [2.75, 3.05) is 20.2 Å². The summed E-state index contributed by atoms with van der Waals surface area (Å²) in [6, 6.07) is 12.0. The van der Waals surface area contributed by atoms with Gasteiger partial charge in [-0.3, -0.25) is 4.79 Å². The summed E-state index contributed by atoms with van der Waals surface area (Å²) in [6.07, 6.45) is 4.11. The smallest absolute Gasteiger partial charge is 0.316 e. The van der Waals surface area contributed by atoms with Crippen molar-refractivity contribution in [2.24, 2.45) is 0 Å². The minimum absolute atomic E-state index is 0.0838. The number of sulfonamides is 1. The lowest BCUT2D eigenvalue weighted by Crippen LogP contribution is -2.32. The van der Waals surface area contributed by atoms with Gasteiger partial charge in [0.25, 0.3) is 0 Å². The van der Waals surface area contributed by atoms with Crippen molar-refractivity contribution < 1.29 is 22.5 Å². The van der Waals surface area contributed by atoms with Crippen LogP contribution in [0.25, 0.3) is 11.4 Å². The average Bonchev–Trinajstić information content (AvgIpc) is 3.18. The van der Waals surface area contributed by atoms with Crippen LogP contribution in [-0.4, -0.2) is 49.6 Å². The normalized spacial score (nSPS) is 14.6. The van der Waals surface area contributed by atoms with Crippen LogP contribution in [0.15, 0.2) is 51.9 Å². The lowest BCUT2D eigenvalue weighted by atomic mass is 10.1. The second-order valence-corrected chi connectivity index (χ2v) is 10.0. The molecule has 4 rings (SSSR count). The third-order valence-electron chi connectivity index (χ3n) is 5.86. The van der Waals surface area contributed by atoms with Crippen LogP contribution in [0.1, 0.15) is 47.5 Å². The Kier molecular flexibility index (Phi) is 7.28. The summed E-state index contributed by atoms with van der Waals surface area (Å²) in [7, 11) is -2.23. The maximum atomic E-state index is 13.0. The Hall–Kier alpha value is -3.24. The van der Waals surface area contributed by atoms with Gasteiger partial charge in [-0.05, 0) is 49.1 Å². The van der Waals surface area contributed by atoms with Crippen LogP contribution in [0, 0.1) is 6.92 Å². The average molecular weight is 485 g/mol. The summed E-state index contributed by atoms with van der Waals surface area (Å²) >= 11 is 0. The molecule has 0 radical (unpaired) electrons. The fourth-order valence-corrected chi connectivity index (χ4v) is 5.15. The number of methoxy groups -OCH3 is 1. The zero-order valence-corrected chi connectivity index (χ0v) is 20.1. The van der Waals surface area contributed by atoms with Crippen molar-refractivity contribution >= 4 is 15.9 Å². The van der Waals surface area contributed by atoms with Crippen molar-refractivity contribution in [1.29, 1.82) is 0 Å². The summed E-state index contributed by atoms with van der Waals surface area (Å²) in [4.78, 5) is 18.9. The van der Waals surface area contributed by atoms with Gasteiger partial charge in [0.15, 0.2) is 0 Å². The van der Waals surface area contributed by atoms with Crippen LogP contribution < -0.4 is 9.46 Å². The molecule has 1 aliphatic heterocycles. The van der Waals surface area contributed by atoms with Gasteiger partial charge in [-0.25, -0.2) is 13.1 Å². The van der Waals surface area contributed by atoms with E-state index in [2.05, 4.69) is 14.9 Å². The monoisotopic (exact) mass is 484 g/mol. The number of nitrogens with zero attached hydrogens (tertiary/aromatic N) is 3. The van der Waals surface area contributed by atoms with Crippen molar-refractivity contribution in [3.8, 4) is 17.1 Å². The van der Waals surface area contributed by atoms with E-state index in [1.54, 1.807) is 55.3 Å². The first-order chi connectivity index (χ1) is 16.4. The topological polar surface area (TPSA) is 115 Å². The fraction of sp³-hybridized carbons (Fsp3) is 0.375. The number of aryl methyl sites for hydroxylation is 1. The van der Waals surface area contributed by atoms with E-state index in [-0.39, 0.29) is 29.1 Å². The maximum Gasteiger partial charge on any atom is 0.316 e. The zero-order chi connectivity index (χ0) is 24.1. The van der Waals surface area contributed by atoms with Gasteiger partial charge >= 0.3 is 11.8 Å². The van der Waals surface area contributed by atoms with Gasteiger partial charge in [0, 0.05) is 25.2 Å². The van der Waals surface area contributed by atoms with E-state index in [0.29, 0.717) is 30.0 Å². The molecule has 34 heavy (non-hydrogen) atoms. The Balaban J connectivity index is 1.51. The highest BCUT2D eigenvalue weighted by molar-refractivity contribution is 7.89. The number of likely N-dealkylation sites (tertiary alicyclic amines) is 1. The number of rotatable bonds is 7. The van der Waals surface area contributed by atoms with Gasteiger partial charge < -0.3 is 14.2 Å². The molecule has 0 aliphatic carbocycles. The highest BCUT2D eigenvalue weighted by Gasteiger charge is 2.24. The number of carbonyl (C=O) groups excluding carboxylic acids is 1. The molecule has 1 aliphatic rings. The summed E-state index contributed by atoms with van der Waals surface area (Å²) in [5.41, 5.74) is 1.83. The zero-order valence-electron chi connectivity index (χ0n) is 19.3. The van der Waals surface area contributed by atoms with E-state index in [0.717, 1.165) is 31.2 Å². The Morgan fingerprint density at radius 3 is 2.47 bits per heavy atom. The molecule has 0 atom stereocenters. The van der Waals surface area contributed by atoms with Crippen LogP contribution in [0.5, 0.6) is 5.75 Å². The fourth-order valence-electron chi connectivity index (χ4n) is 3.86. The minimum atomic E-state index is -3.81. The van der Waals surface area contributed by atoms with Gasteiger partial charge in [-0.1, -0.05) is 42.3 Å². The predicted molar refractivity (Wildman–Crippen MR) is 126 cm³/mol. The molecule has 1 aromatic heterocycles. The molecule has 9 nitrogen and oxygen atoms in total. The molecule has 0 spiro atoms. The van der Waals surface area contributed by atoms with Crippen LogP contribution >= 0.6 is 0 Å². The predicted octanol–water partition coefficient (Wildman–Crippen LogP) is 3.55. The number of benzene rings is 2. The van der Waals surface area contributed by atoms with Crippen LogP contribution in [0.4, 0.5) is 0 Å². The molecule has 180 valence electrons. The van der Waals surface area contributed by atoms with E-state index in [4.69, 9.17) is 9.26 Å². The van der Waals surface area contributed by atoms with E-state index in [9.17, 15) is 13.2 Å². The molecule has 2 aromatic carbocycles. The molecule has 0 bridgehead atoms. The van der Waals surface area contributed by atoms with Gasteiger partial charge in [-0.15, -0.1) is 0 Å². The minimum Gasteiger partial charge on any atom is -0.497 e. The van der Waals surface area contributed by atoms with Gasteiger partial charge in [0.1, 0.15) is 5.75 Å². The molecule has 1 fully saturated rings. The van der Waals surface area contributed by atoms with Crippen molar-refractivity contribution in [2.45, 2.75) is 44.0 Å². The summed E-state index contributed by atoms with van der Waals surface area (Å²) in [5.74, 6) is 0.495. The van der Waals surface area contributed by atoms with Crippen LogP contribution in [0.3, 0.4) is 0 Å². The lowest BCUT2D eigenvalue weighted by molar-refractivity contribution is 0.0711. The van der Waals surface area contributed by atoms with Gasteiger partial charge in [-0.2, -0.15) is 4.98 Å². The van der Waals surface area contributed by atoms with Crippen LogP contribution in [-0.2, 0) is 16.6 Å². The lowest BCUT2D eigenvalue weighted by Gasteiger charge is -2.17. The van der Waals surface area contributed by atoms with E-state index >= 15 is 0 Å². The van der Waals surface area contributed by atoms with Crippen molar-refractivity contribution in [1.82, 2.24) is 19.8 Å². The molecule has 0 unspecified atom stereocenters. The molecule has 10 heteroatoms. The van der Waals surface area contributed by atoms with Crippen molar-refractivity contribution in [3.63, 3.8) is 0 Å². The van der Waals surface area contributed by atoms with E-state index < -0.39 is 10.0 Å². The molecule has 0 saturated carbocycles. The number of hydrogen-bond acceptors (Lipinski definition) is 7. The second kappa shape index (κ2) is 10.4. The number of aromatic nitrogens is 2. The number of amides is 1. The highest BCUT2D eigenvalue weighted by Crippen LogP contribution is 2.24.